The highest BCUT2D eigenvalue weighted by molar-refractivity contribution is 7.10. The van der Waals surface area contributed by atoms with Crippen molar-refractivity contribution in [3.8, 4) is 0 Å². The molecule has 7 heteroatoms. The van der Waals surface area contributed by atoms with Crippen LogP contribution in [0.3, 0.4) is 0 Å². The predicted octanol–water partition coefficient (Wildman–Crippen LogP) is 6.75. The van der Waals surface area contributed by atoms with Gasteiger partial charge in [0.25, 0.3) is 0 Å². The molecule has 3 aromatic rings. The van der Waals surface area contributed by atoms with Gasteiger partial charge in [-0.2, -0.15) is 13.2 Å². The molecule has 2 heterocycles. The topological polar surface area (TPSA) is 41.1 Å². The van der Waals surface area contributed by atoms with Crippen LogP contribution in [0, 0.1) is 0 Å². The number of allylic oxidation sites excluding steroid dienone is 1. The minimum atomic E-state index is -4.52. The van der Waals surface area contributed by atoms with Crippen molar-refractivity contribution >= 4 is 28.5 Å². The number of ketones is 1. The average Bonchev–Trinajstić information content (AvgIpc) is 3.22. The zero-order valence-electron chi connectivity index (χ0n) is 16.4. The minimum Gasteiger partial charge on any atom is -0.372 e. The van der Waals surface area contributed by atoms with Crippen LogP contribution in [0.15, 0.2) is 77.3 Å². The summed E-state index contributed by atoms with van der Waals surface area (Å²) in [5.74, 6) is -0.114. The smallest absolute Gasteiger partial charge is 0.372 e. The Bertz CT molecular complexity index is 1170. The van der Waals surface area contributed by atoms with Gasteiger partial charge in [0.2, 0.25) is 0 Å². The molecule has 0 spiro atoms. The first-order valence-electron chi connectivity index (χ1n) is 10.00. The van der Waals surface area contributed by atoms with E-state index in [-0.39, 0.29) is 23.7 Å². The van der Waals surface area contributed by atoms with Gasteiger partial charge in [-0.3, -0.25) is 4.79 Å². The molecule has 0 amide bonds. The number of carbonyl (C=O) groups excluding carboxylic acids is 1. The Morgan fingerprint density at radius 3 is 2.39 bits per heavy atom. The largest absolute Gasteiger partial charge is 0.416 e. The van der Waals surface area contributed by atoms with Gasteiger partial charge in [0.1, 0.15) is 0 Å². The number of hydrogen-bond donors (Lipinski definition) is 2. The molecule has 1 aliphatic heterocycles. The third kappa shape index (κ3) is 3.63. The maximum atomic E-state index is 13.8. The number of anilines is 2. The molecular formula is C24H19F3N2OS. The molecule has 2 aliphatic rings. The number of fused-ring (bicyclic) bond motifs is 1. The van der Waals surface area contributed by atoms with E-state index in [9.17, 15) is 18.0 Å². The van der Waals surface area contributed by atoms with Gasteiger partial charge in [0.05, 0.1) is 23.0 Å². The van der Waals surface area contributed by atoms with Crippen LogP contribution in [0.2, 0.25) is 0 Å². The van der Waals surface area contributed by atoms with E-state index in [0.717, 1.165) is 16.6 Å². The zero-order valence-corrected chi connectivity index (χ0v) is 17.2. The molecule has 2 aromatic carbocycles. The van der Waals surface area contributed by atoms with E-state index in [4.69, 9.17) is 0 Å². The second kappa shape index (κ2) is 7.57. The monoisotopic (exact) mass is 440 g/mol. The van der Waals surface area contributed by atoms with Gasteiger partial charge < -0.3 is 10.6 Å². The van der Waals surface area contributed by atoms with Crippen LogP contribution in [-0.2, 0) is 11.0 Å². The van der Waals surface area contributed by atoms with Gasteiger partial charge in [-0.15, -0.1) is 11.3 Å². The van der Waals surface area contributed by atoms with E-state index in [1.165, 1.54) is 12.1 Å². The van der Waals surface area contributed by atoms with E-state index in [1.54, 1.807) is 17.4 Å². The number of carbonyl (C=O) groups is 1. The van der Waals surface area contributed by atoms with E-state index in [2.05, 4.69) is 10.6 Å². The summed E-state index contributed by atoms with van der Waals surface area (Å²) in [6.07, 6.45) is -3.67. The van der Waals surface area contributed by atoms with Gasteiger partial charge in [-0.1, -0.05) is 36.4 Å². The van der Waals surface area contributed by atoms with Crippen LogP contribution in [0.1, 0.15) is 40.8 Å². The molecular weight excluding hydrogens is 421 g/mol. The molecule has 158 valence electrons. The van der Waals surface area contributed by atoms with Crippen molar-refractivity contribution in [3.05, 3.63) is 93.3 Å². The third-order valence-electron chi connectivity index (χ3n) is 5.83. The van der Waals surface area contributed by atoms with E-state index in [0.29, 0.717) is 23.4 Å². The van der Waals surface area contributed by atoms with Gasteiger partial charge in [0.15, 0.2) is 5.78 Å². The SMILES string of the molecule is O=C1CC(c2cccs2)CC2=C1C(c1ccccc1C(F)(F)F)Nc1ccccc1N2. The van der Waals surface area contributed by atoms with Crippen LogP contribution < -0.4 is 10.6 Å². The number of alkyl halides is 3. The molecule has 3 nitrogen and oxygen atoms in total. The Balaban J connectivity index is 1.67. The summed E-state index contributed by atoms with van der Waals surface area (Å²) in [7, 11) is 0. The van der Waals surface area contributed by atoms with Crippen LogP contribution in [0.5, 0.6) is 0 Å². The van der Waals surface area contributed by atoms with Crippen molar-refractivity contribution in [1.29, 1.82) is 0 Å². The van der Waals surface area contributed by atoms with Crippen molar-refractivity contribution < 1.29 is 18.0 Å². The summed E-state index contributed by atoms with van der Waals surface area (Å²) in [5, 5.41) is 8.57. The summed E-state index contributed by atoms with van der Waals surface area (Å²) >= 11 is 1.60. The molecule has 5 rings (SSSR count). The van der Waals surface area contributed by atoms with Gasteiger partial charge in [-0.25, -0.2) is 0 Å². The minimum absolute atomic E-state index is 0.0162. The summed E-state index contributed by atoms with van der Waals surface area (Å²) in [6, 6.07) is 15.9. The Kier molecular flexibility index (Phi) is 4.85. The lowest BCUT2D eigenvalue weighted by molar-refractivity contribution is -0.138. The normalized spacial score (nSPS) is 20.9. The maximum absolute atomic E-state index is 13.8. The highest BCUT2D eigenvalue weighted by Crippen LogP contribution is 2.46. The molecule has 0 fully saturated rings. The number of rotatable bonds is 2. The number of benzene rings is 2. The van der Waals surface area contributed by atoms with Gasteiger partial charge in [0, 0.05) is 28.5 Å². The molecule has 1 aromatic heterocycles. The van der Waals surface area contributed by atoms with Crippen LogP contribution >= 0.6 is 11.3 Å². The van der Waals surface area contributed by atoms with Crippen molar-refractivity contribution in [3.63, 3.8) is 0 Å². The summed E-state index contributed by atoms with van der Waals surface area (Å²) < 4.78 is 41.5. The van der Waals surface area contributed by atoms with Crippen molar-refractivity contribution in [1.82, 2.24) is 0 Å². The quantitative estimate of drug-likeness (QED) is 0.463. The molecule has 0 radical (unpaired) electrons. The van der Waals surface area contributed by atoms with E-state index >= 15 is 0 Å². The fraction of sp³-hybridized carbons (Fsp3) is 0.208. The Morgan fingerprint density at radius 1 is 0.903 bits per heavy atom. The number of nitrogens with one attached hydrogen (secondary N) is 2. The molecule has 2 unspecified atom stereocenters. The predicted molar refractivity (Wildman–Crippen MR) is 116 cm³/mol. The maximum Gasteiger partial charge on any atom is 0.416 e. The van der Waals surface area contributed by atoms with Crippen LogP contribution in [0.4, 0.5) is 24.5 Å². The fourth-order valence-electron chi connectivity index (χ4n) is 4.46. The lowest BCUT2D eigenvalue weighted by atomic mass is 9.80. The Labute approximate surface area is 181 Å². The number of thiophene rings is 1. The fourth-order valence-corrected chi connectivity index (χ4v) is 5.29. The Morgan fingerprint density at radius 2 is 1.65 bits per heavy atom. The molecule has 31 heavy (non-hydrogen) atoms. The van der Waals surface area contributed by atoms with Crippen molar-refractivity contribution in [2.45, 2.75) is 31.0 Å². The number of Topliss-reactive ketones (excluding diaryl/α,β-unsaturated/α-hetero) is 1. The standard InChI is InChI=1S/C24H19F3N2OS/c25-24(26,27)16-7-2-1-6-15(16)23-22-19(28-17-8-3-4-9-18(17)29-23)12-14(13-20(22)30)21-10-5-11-31-21/h1-11,14,23,28-29H,12-13H2. The summed E-state index contributed by atoms with van der Waals surface area (Å²) in [4.78, 5) is 14.5. The van der Waals surface area contributed by atoms with Gasteiger partial charge in [-0.05, 0) is 41.6 Å². The first kappa shape index (κ1) is 19.9. The molecule has 0 saturated heterocycles. The number of hydrogen-bond acceptors (Lipinski definition) is 4. The van der Waals surface area contributed by atoms with E-state index in [1.807, 2.05) is 41.8 Å². The second-order valence-corrected chi connectivity index (χ2v) is 8.75. The molecule has 2 N–H and O–H groups in total. The lowest BCUT2D eigenvalue weighted by Gasteiger charge is -2.30. The molecule has 0 bridgehead atoms. The molecule has 0 saturated carbocycles. The first-order chi connectivity index (χ1) is 14.9. The molecule has 2 atom stereocenters. The second-order valence-electron chi connectivity index (χ2n) is 7.77. The average molecular weight is 440 g/mol. The lowest BCUT2D eigenvalue weighted by Crippen LogP contribution is -2.28. The van der Waals surface area contributed by atoms with Crippen molar-refractivity contribution in [2.75, 3.05) is 10.6 Å². The Hall–Kier alpha value is -3.06. The number of para-hydroxylation sites is 2. The summed E-state index contributed by atoms with van der Waals surface area (Å²) in [6.45, 7) is 0. The number of halogens is 3. The third-order valence-corrected chi connectivity index (χ3v) is 6.87. The molecule has 1 aliphatic carbocycles. The first-order valence-corrected chi connectivity index (χ1v) is 10.9. The zero-order chi connectivity index (χ0) is 21.6. The van der Waals surface area contributed by atoms with Crippen molar-refractivity contribution in [2.24, 2.45) is 0 Å². The van der Waals surface area contributed by atoms with E-state index < -0.39 is 17.8 Å². The van der Waals surface area contributed by atoms with Gasteiger partial charge >= 0.3 is 6.18 Å². The highest BCUT2D eigenvalue weighted by atomic mass is 32.1. The highest BCUT2D eigenvalue weighted by Gasteiger charge is 2.41. The summed E-state index contributed by atoms with van der Waals surface area (Å²) in [5.41, 5.74) is 1.83. The van der Waals surface area contributed by atoms with Crippen LogP contribution in [-0.4, -0.2) is 5.78 Å². The van der Waals surface area contributed by atoms with Crippen LogP contribution in [0.25, 0.3) is 0 Å².